The van der Waals surface area contributed by atoms with Gasteiger partial charge in [0.2, 0.25) is 0 Å². The van der Waals surface area contributed by atoms with Gasteiger partial charge in [0.15, 0.2) is 17.8 Å². The fourth-order valence-corrected chi connectivity index (χ4v) is 3.69. The van der Waals surface area contributed by atoms with E-state index in [2.05, 4.69) is 6.58 Å². The smallest absolute Gasteiger partial charge is 0.339 e. The summed E-state index contributed by atoms with van der Waals surface area (Å²) in [6, 6.07) is 0. The Bertz CT molecular complexity index is 900. The monoisotopic (exact) mass is 484 g/mol. The first-order valence-corrected chi connectivity index (χ1v) is 10.8. The minimum absolute atomic E-state index is 0.0395. The van der Waals surface area contributed by atoms with Crippen molar-refractivity contribution >= 4 is 35.5 Å². The Balaban J connectivity index is 2.72. The van der Waals surface area contributed by atoms with Crippen LogP contribution in [0.25, 0.3) is 0 Å². The van der Waals surface area contributed by atoms with E-state index in [0.29, 0.717) is 12.8 Å². The van der Waals surface area contributed by atoms with Gasteiger partial charge in [-0.1, -0.05) is 18.2 Å². The Kier molecular flexibility index (Phi) is 8.48. The van der Waals surface area contributed by atoms with Crippen LogP contribution in [0, 0.1) is 5.92 Å². The number of rotatable bonds is 5. The summed E-state index contributed by atoms with van der Waals surface area (Å²) in [5, 5.41) is 9.51. The van der Waals surface area contributed by atoms with Crippen LogP contribution in [0.5, 0.6) is 0 Å². The quantitative estimate of drug-likeness (QED) is 0.205. The molecule has 0 unspecified atom stereocenters. The van der Waals surface area contributed by atoms with Gasteiger partial charge in [-0.3, -0.25) is 4.79 Å². The zero-order chi connectivity index (χ0) is 25.1. The minimum atomic E-state index is -2.13. The molecule has 0 aromatic heterocycles. The second kappa shape index (κ2) is 10.5. The van der Waals surface area contributed by atoms with Gasteiger partial charge in [0.25, 0.3) is 0 Å². The Morgan fingerprint density at radius 1 is 1.33 bits per heavy atom. The number of carbonyl (C=O) groups is 4. The number of alkyl halides is 1. The van der Waals surface area contributed by atoms with Gasteiger partial charge in [-0.15, -0.1) is 11.6 Å². The largest absolute Gasteiger partial charge is 0.466 e. The molecule has 2 rings (SSSR count). The summed E-state index contributed by atoms with van der Waals surface area (Å²) < 4.78 is 21.4. The molecule has 2 aliphatic rings. The summed E-state index contributed by atoms with van der Waals surface area (Å²) in [4.78, 5) is 50.0. The van der Waals surface area contributed by atoms with Crippen molar-refractivity contribution in [3.63, 3.8) is 0 Å². The first-order valence-electron chi connectivity index (χ1n) is 10.4. The lowest BCUT2D eigenvalue weighted by Gasteiger charge is -2.35. The predicted octanol–water partition coefficient (Wildman–Crippen LogP) is 2.15. The van der Waals surface area contributed by atoms with Crippen LogP contribution in [-0.4, -0.2) is 65.4 Å². The van der Waals surface area contributed by atoms with Crippen molar-refractivity contribution in [3.05, 3.63) is 35.5 Å². The molecule has 9 nitrogen and oxygen atoms in total. The summed E-state index contributed by atoms with van der Waals surface area (Å²) in [6.07, 6.45) is 0.283. The number of methoxy groups -OCH3 is 1. The van der Waals surface area contributed by atoms with Gasteiger partial charge in [-0.25, -0.2) is 14.4 Å². The summed E-state index contributed by atoms with van der Waals surface area (Å²) in [5.74, 6) is -4.47. The standard InChI is InChI=1S/C23H29ClO9/c1-11-8-7-9-15(21(27)30-6)18(31-14(4)25)19(33-22(28)23(5,29)13(3)24)17-12(2)20(26)32-16(17)10-11/h9-10,13,16-19,29H,2,7-8H2,1,3-6H3/b11-10+,15-9+/t13-,16+,17-,18-,19-,23-/m0/s1. The van der Waals surface area contributed by atoms with E-state index in [4.69, 9.17) is 30.5 Å². The third-order valence-corrected chi connectivity index (χ3v) is 6.14. The first kappa shape index (κ1) is 26.6. The topological polar surface area (TPSA) is 125 Å². The number of halogens is 1. The minimum Gasteiger partial charge on any atom is -0.466 e. The zero-order valence-corrected chi connectivity index (χ0v) is 20.0. The van der Waals surface area contributed by atoms with Crippen molar-refractivity contribution in [1.82, 2.24) is 0 Å². The number of allylic oxidation sites excluding steroid dienone is 2. The maximum atomic E-state index is 12.9. The van der Waals surface area contributed by atoms with Crippen LogP contribution in [0.2, 0.25) is 0 Å². The molecule has 10 heteroatoms. The molecule has 1 saturated heterocycles. The Morgan fingerprint density at radius 3 is 2.52 bits per heavy atom. The van der Waals surface area contributed by atoms with Crippen LogP contribution in [0.4, 0.5) is 0 Å². The average molecular weight is 485 g/mol. The molecule has 1 fully saturated rings. The van der Waals surface area contributed by atoms with Gasteiger partial charge in [-0.05, 0) is 39.7 Å². The molecule has 0 radical (unpaired) electrons. The van der Waals surface area contributed by atoms with Gasteiger partial charge < -0.3 is 24.1 Å². The highest BCUT2D eigenvalue weighted by Crippen LogP contribution is 2.38. The Labute approximate surface area is 197 Å². The normalized spacial score (nSPS) is 31.4. The molecule has 0 saturated carbocycles. The average Bonchev–Trinajstić information content (AvgIpc) is 2.99. The van der Waals surface area contributed by atoms with E-state index in [-0.39, 0.29) is 11.1 Å². The third-order valence-electron chi connectivity index (χ3n) is 5.72. The molecule has 0 aromatic carbocycles. The van der Waals surface area contributed by atoms with Crippen molar-refractivity contribution in [2.75, 3.05) is 7.11 Å². The van der Waals surface area contributed by atoms with Gasteiger partial charge in [0, 0.05) is 12.5 Å². The van der Waals surface area contributed by atoms with Crippen molar-refractivity contribution in [2.24, 2.45) is 5.92 Å². The Morgan fingerprint density at radius 2 is 1.97 bits per heavy atom. The van der Waals surface area contributed by atoms with Gasteiger partial charge in [0.05, 0.1) is 24.0 Å². The second-order valence-electron chi connectivity index (χ2n) is 8.29. The van der Waals surface area contributed by atoms with E-state index in [0.717, 1.165) is 26.5 Å². The number of ether oxygens (including phenoxy) is 4. The molecule has 0 bridgehead atoms. The lowest BCUT2D eigenvalue weighted by atomic mass is 9.83. The maximum absolute atomic E-state index is 12.9. The van der Waals surface area contributed by atoms with Crippen molar-refractivity contribution in [2.45, 2.75) is 69.8 Å². The SMILES string of the molecule is C=C1C(=O)O[C@@H]2/C=C(\C)CC/C=C(/C(=O)OC)[C@H](OC(C)=O)[C@@H](OC(=O)[C@@](C)(O)[C@H](C)Cl)[C@@H]12. The van der Waals surface area contributed by atoms with Crippen LogP contribution in [0.3, 0.4) is 0 Å². The van der Waals surface area contributed by atoms with Gasteiger partial charge in [0.1, 0.15) is 6.10 Å². The fraction of sp³-hybridized carbons (Fsp3) is 0.565. The van der Waals surface area contributed by atoms with E-state index in [9.17, 15) is 24.3 Å². The fourth-order valence-electron chi connectivity index (χ4n) is 3.60. The summed E-state index contributed by atoms with van der Waals surface area (Å²) in [5.41, 5.74) is -1.39. The van der Waals surface area contributed by atoms with E-state index in [1.807, 2.05) is 6.92 Å². The molecule has 1 aliphatic carbocycles. The molecule has 6 atom stereocenters. The van der Waals surface area contributed by atoms with Crippen molar-refractivity contribution in [3.8, 4) is 0 Å². The second-order valence-corrected chi connectivity index (χ2v) is 8.94. The highest BCUT2D eigenvalue weighted by atomic mass is 35.5. The predicted molar refractivity (Wildman–Crippen MR) is 117 cm³/mol. The number of esters is 4. The molecule has 182 valence electrons. The first-order chi connectivity index (χ1) is 15.3. The number of hydrogen-bond acceptors (Lipinski definition) is 9. The maximum Gasteiger partial charge on any atom is 0.339 e. The Hall–Kier alpha value is -2.65. The van der Waals surface area contributed by atoms with Crippen LogP contribution in [-0.2, 0) is 38.1 Å². The zero-order valence-electron chi connectivity index (χ0n) is 19.3. The molecule has 0 aromatic rings. The lowest BCUT2D eigenvalue weighted by molar-refractivity contribution is -0.183. The highest BCUT2D eigenvalue weighted by molar-refractivity contribution is 6.22. The molecular formula is C23H29ClO9. The third kappa shape index (κ3) is 5.83. The number of fused-ring (bicyclic) bond motifs is 1. The molecular weight excluding hydrogens is 456 g/mol. The van der Waals surface area contributed by atoms with Crippen LogP contribution >= 0.6 is 11.6 Å². The molecule has 33 heavy (non-hydrogen) atoms. The van der Waals surface area contributed by atoms with Crippen LogP contribution < -0.4 is 0 Å². The van der Waals surface area contributed by atoms with E-state index in [1.54, 1.807) is 6.08 Å². The summed E-state index contributed by atoms with van der Waals surface area (Å²) in [7, 11) is 1.16. The van der Waals surface area contributed by atoms with Gasteiger partial charge >= 0.3 is 23.9 Å². The van der Waals surface area contributed by atoms with Crippen LogP contribution in [0.15, 0.2) is 35.5 Å². The van der Waals surface area contributed by atoms with Crippen molar-refractivity contribution < 1.29 is 43.2 Å². The molecule has 1 N–H and O–H groups in total. The molecule has 0 spiro atoms. The number of carbonyl (C=O) groups excluding carboxylic acids is 4. The van der Waals surface area contributed by atoms with Crippen molar-refractivity contribution in [1.29, 1.82) is 0 Å². The molecule has 1 heterocycles. The number of aliphatic hydroxyl groups is 1. The number of hydrogen-bond donors (Lipinski definition) is 1. The van der Waals surface area contributed by atoms with E-state index >= 15 is 0 Å². The van der Waals surface area contributed by atoms with Gasteiger partial charge in [-0.2, -0.15) is 0 Å². The molecule has 0 amide bonds. The highest BCUT2D eigenvalue weighted by Gasteiger charge is 2.52. The molecule has 1 aliphatic heterocycles. The lowest BCUT2D eigenvalue weighted by Crippen LogP contribution is -2.51. The van der Waals surface area contributed by atoms with E-state index in [1.165, 1.54) is 13.0 Å². The van der Waals surface area contributed by atoms with E-state index < -0.39 is 59.1 Å². The summed E-state index contributed by atoms with van der Waals surface area (Å²) >= 11 is 5.96. The van der Waals surface area contributed by atoms with Crippen LogP contribution in [0.1, 0.15) is 40.5 Å². The summed E-state index contributed by atoms with van der Waals surface area (Å²) in [6.45, 7) is 9.28.